The summed E-state index contributed by atoms with van der Waals surface area (Å²) in [6, 6.07) is 1.46. The first kappa shape index (κ1) is 13.3. The van der Waals surface area contributed by atoms with Crippen molar-refractivity contribution in [2.24, 2.45) is 0 Å². The molecule has 2 heterocycles. The van der Waals surface area contributed by atoms with Gasteiger partial charge in [0.2, 0.25) is 0 Å². The van der Waals surface area contributed by atoms with Gasteiger partial charge >= 0.3 is 12.0 Å². The smallest absolute Gasteiger partial charge is 0.328 e. The predicted octanol–water partition coefficient (Wildman–Crippen LogP) is 0.983. The van der Waals surface area contributed by atoms with Crippen molar-refractivity contribution in [1.29, 1.82) is 0 Å². The molecular formula is C12H12N2O4S. The van der Waals surface area contributed by atoms with Crippen LogP contribution in [-0.4, -0.2) is 34.5 Å². The second kappa shape index (κ2) is 5.66. The van der Waals surface area contributed by atoms with Gasteiger partial charge in [0, 0.05) is 30.1 Å². The fraction of sp³-hybridized carbons (Fsp3) is 0.250. The van der Waals surface area contributed by atoms with Crippen LogP contribution in [0.1, 0.15) is 10.4 Å². The predicted molar refractivity (Wildman–Crippen MR) is 68.7 cm³/mol. The van der Waals surface area contributed by atoms with Gasteiger partial charge < -0.3 is 10.0 Å². The maximum absolute atomic E-state index is 11.8. The minimum absolute atomic E-state index is 0.473. The molecule has 1 aliphatic heterocycles. The van der Waals surface area contributed by atoms with Crippen LogP contribution >= 0.6 is 11.3 Å². The van der Waals surface area contributed by atoms with Crippen molar-refractivity contribution in [3.63, 3.8) is 0 Å². The highest BCUT2D eigenvalue weighted by atomic mass is 32.1. The van der Waals surface area contributed by atoms with Crippen molar-refractivity contribution in [2.75, 3.05) is 6.54 Å². The first-order chi connectivity index (χ1) is 9.06. The summed E-state index contributed by atoms with van der Waals surface area (Å²) < 4.78 is 0. The lowest BCUT2D eigenvalue weighted by Crippen LogP contribution is -2.44. The third-order valence-corrected chi connectivity index (χ3v) is 3.73. The van der Waals surface area contributed by atoms with Crippen LogP contribution in [0.15, 0.2) is 23.6 Å². The van der Waals surface area contributed by atoms with Crippen LogP contribution in [0.3, 0.4) is 0 Å². The molecule has 19 heavy (non-hydrogen) atoms. The van der Waals surface area contributed by atoms with E-state index >= 15 is 0 Å². The molecule has 6 nitrogen and oxygen atoms in total. The molecule has 1 aromatic heterocycles. The van der Waals surface area contributed by atoms with Crippen molar-refractivity contribution in [2.45, 2.75) is 13.0 Å². The van der Waals surface area contributed by atoms with Crippen molar-refractivity contribution in [3.05, 3.63) is 34.0 Å². The zero-order chi connectivity index (χ0) is 13.8. The number of amides is 3. The summed E-state index contributed by atoms with van der Waals surface area (Å²) in [5, 5.41) is 12.5. The van der Waals surface area contributed by atoms with E-state index in [9.17, 15) is 14.4 Å². The number of hydrogen-bond donors (Lipinski definition) is 2. The zero-order valence-electron chi connectivity index (χ0n) is 9.96. The van der Waals surface area contributed by atoms with Crippen LogP contribution in [0.5, 0.6) is 0 Å². The molecule has 0 radical (unpaired) electrons. The number of hydrogen-bond acceptors (Lipinski definition) is 4. The number of urea groups is 1. The van der Waals surface area contributed by atoms with Crippen LogP contribution in [0.2, 0.25) is 0 Å². The standard InChI is InChI=1S/C12H12N2O4S/c15-10(1-2-11(16)17)13-12(18)14-5-3-9-8(7-14)4-6-19-9/h1-2,4,6H,3,5,7H2,(H,16,17)(H,13,15,18)/b2-1+. The highest BCUT2D eigenvalue weighted by Gasteiger charge is 2.22. The average molecular weight is 280 g/mol. The quantitative estimate of drug-likeness (QED) is 0.791. The van der Waals surface area contributed by atoms with Crippen molar-refractivity contribution < 1.29 is 19.5 Å². The zero-order valence-corrected chi connectivity index (χ0v) is 10.8. The second-order valence-corrected chi connectivity index (χ2v) is 5.01. The first-order valence-electron chi connectivity index (χ1n) is 5.62. The lowest BCUT2D eigenvalue weighted by atomic mass is 10.1. The first-order valence-corrected chi connectivity index (χ1v) is 6.50. The highest BCUT2D eigenvalue weighted by Crippen LogP contribution is 2.23. The van der Waals surface area contributed by atoms with Gasteiger partial charge in [-0.15, -0.1) is 11.3 Å². The summed E-state index contributed by atoms with van der Waals surface area (Å²) in [4.78, 5) is 36.1. The van der Waals surface area contributed by atoms with E-state index < -0.39 is 17.9 Å². The van der Waals surface area contributed by atoms with Crippen LogP contribution in [0, 0.1) is 0 Å². The number of nitrogens with zero attached hydrogens (tertiary/aromatic N) is 1. The maximum atomic E-state index is 11.8. The Bertz CT molecular complexity index is 550. The Morgan fingerprint density at radius 2 is 2.16 bits per heavy atom. The number of nitrogens with one attached hydrogen (secondary N) is 1. The van der Waals surface area contributed by atoms with Gasteiger partial charge in [-0.05, 0) is 23.4 Å². The van der Waals surface area contributed by atoms with Gasteiger partial charge in [-0.1, -0.05) is 0 Å². The summed E-state index contributed by atoms with van der Waals surface area (Å²) >= 11 is 1.66. The molecule has 0 aliphatic carbocycles. The van der Waals surface area contributed by atoms with Gasteiger partial charge in [0.05, 0.1) is 0 Å². The Morgan fingerprint density at radius 1 is 1.37 bits per heavy atom. The summed E-state index contributed by atoms with van der Waals surface area (Å²) in [7, 11) is 0. The van der Waals surface area contributed by atoms with E-state index in [0.29, 0.717) is 19.2 Å². The molecule has 0 saturated carbocycles. The molecule has 1 aromatic rings. The Balaban J connectivity index is 1.91. The summed E-state index contributed by atoms with van der Waals surface area (Å²) in [5.74, 6) is -1.97. The monoisotopic (exact) mass is 280 g/mol. The maximum Gasteiger partial charge on any atom is 0.328 e. The minimum atomic E-state index is -1.23. The van der Waals surface area contributed by atoms with Crippen LogP contribution in [0.25, 0.3) is 0 Å². The number of thiophene rings is 1. The summed E-state index contributed by atoms with van der Waals surface area (Å²) in [5.41, 5.74) is 1.10. The highest BCUT2D eigenvalue weighted by molar-refractivity contribution is 7.10. The van der Waals surface area contributed by atoms with E-state index in [-0.39, 0.29) is 0 Å². The molecular weight excluding hydrogens is 268 g/mol. The topological polar surface area (TPSA) is 86.7 Å². The largest absolute Gasteiger partial charge is 0.478 e. The molecule has 0 spiro atoms. The third kappa shape index (κ3) is 3.41. The molecule has 7 heteroatoms. The van der Waals surface area contributed by atoms with E-state index in [4.69, 9.17) is 5.11 Å². The molecule has 2 rings (SSSR count). The molecule has 0 aromatic carbocycles. The molecule has 100 valence electrons. The Kier molecular flexibility index (Phi) is 3.96. The van der Waals surface area contributed by atoms with Gasteiger partial charge in [-0.2, -0.15) is 0 Å². The number of fused-ring (bicyclic) bond motifs is 1. The van der Waals surface area contributed by atoms with E-state index in [0.717, 1.165) is 18.1 Å². The summed E-state index contributed by atoms with van der Waals surface area (Å²) in [6.07, 6.45) is 2.29. The molecule has 1 aliphatic rings. The Morgan fingerprint density at radius 3 is 2.89 bits per heavy atom. The van der Waals surface area contributed by atoms with Crippen molar-refractivity contribution in [1.82, 2.24) is 10.2 Å². The minimum Gasteiger partial charge on any atom is -0.478 e. The Hall–Kier alpha value is -2.15. The normalized spacial score (nSPS) is 14.2. The molecule has 0 saturated heterocycles. The fourth-order valence-corrected chi connectivity index (χ4v) is 2.68. The fourth-order valence-electron chi connectivity index (χ4n) is 1.79. The second-order valence-electron chi connectivity index (χ2n) is 4.01. The average Bonchev–Trinajstić information content (AvgIpc) is 2.83. The number of imide groups is 1. The van der Waals surface area contributed by atoms with Gasteiger partial charge in [0.25, 0.3) is 5.91 Å². The number of rotatable bonds is 2. The van der Waals surface area contributed by atoms with Crippen LogP contribution in [0.4, 0.5) is 4.79 Å². The molecule has 0 bridgehead atoms. The molecule has 3 amide bonds. The van der Waals surface area contributed by atoms with Gasteiger partial charge in [0.15, 0.2) is 0 Å². The van der Waals surface area contributed by atoms with Crippen LogP contribution in [-0.2, 0) is 22.6 Å². The van der Waals surface area contributed by atoms with E-state index in [1.807, 2.05) is 11.4 Å². The van der Waals surface area contributed by atoms with E-state index in [1.165, 1.54) is 9.78 Å². The molecule has 0 fully saturated rings. The molecule has 0 unspecified atom stereocenters. The number of carboxylic acid groups (broad SMARTS) is 1. The number of aliphatic carboxylic acids is 1. The molecule has 0 atom stereocenters. The van der Waals surface area contributed by atoms with Crippen LogP contribution < -0.4 is 5.32 Å². The van der Waals surface area contributed by atoms with E-state index in [1.54, 1.807) is 11.3 Å². The van der Waals surface area contributed by atoms with Gasteiger partial charge in [-0.3, -0.25) is 10.1 Å². The SMILES string of the molecule is O=C(O)/C=C/C(=O)NC(=O)N1CCc2sccc2C1. The van der Waals surface area contributed by atoms with Gasteiger partial charge in [-0.25, -0.2) is 9.59 Å². The lowest BCUT2D eigenvalue weighted by molar-refractivity contribution is -0.131. The molecule has 2 N–H and O–H groups in total. The van der Waals surface area contributed by atoms with Crippen molar-refractivity contribution in [3.8, 4) is 0 Å². The van der Waals surface area contributed by atoms with E-state index in [2.05, 4.69) is 5.32 Å². The Labute approximate surface area is 113 Å². The number of carbonyl (C=O) groups is 3. The number of carboxylic acids is 1. The lowest BCUT2D eigenvalue weighted by Gasteiger charge is -2.26. The third-order valence-electron chi connectivity index (χ3n) is 2.70. The van der Waals surface area contributed by atoms with Gasteiger partial charge in [0.1, 0.15) is 0 Å². The number of carbonyl (C=O) groups excluding carboxylic acids is 2. The van der Waals surface area contributed by atoms with Crippen molar-refractivity contribution >= 4 is 29.2 Å². The summed E-state index contributed by atoms with van der Waals surface area (Å²) in [6.45, 7) is 1.02.